The van der Waals surface area contributed by atoms with Crippen LogP contribution in [-0.4, -0.2) is 17.6 Å². The first-order valence-electron chi connectivity index (χ1n) is 6.33. The van der Waals surface area contributed by atoms with E-state index in [1.54, 1.807) is 12.1 Å². The molecular weight excluding hydrogens is 232 g/mol. The first kappa shape index (κ1) is 12.8. The van der Waals surface area contributed by atoms with Crippen molar-refractivity contribution >= 4 is 11.4 Å². The van der Waals surface area contributed by atoms with Crippen LogP contribution in [0.5, 0.6) is 0 Å². The van der Waals surface area contributed by atoms with Crippen molar-refractivity contribution in [2.75, 3.05) is 11.9 Å². The summed E-state index contributed by atoms with van der Waals surface area (Å²) >= 11 is 0. The smallest absolute Gasteiger partial charge is 0.292 e. The number of hydrogen-bond acceptors (Lipinski definition) is 4. The molecule has 1 aliphatic rings. The Kier molecular flexibility index (Phi) is 4.15. The molecule has 1 aromatic rings. The van der Waals surface area contributed by atoms with E-state index >= 15 is 0 Å². The Bertz CT molecular complexity index is 430. The molecule has 0 heterocycles. The third kappa shape index (κ3) is 2.98. The second-order valence-corrected chi connectivity index (χ2v) is 4.50. The average Bonchev–Trinajstić information content (AvgIpc) is 2.27. The van der Waals surface area contributed by atoms with E-state index in [2.05, 4.69) is 5.32 Å². The van der Waals surface area contributed by atoms with Gasteiger partial charge < -0.3 is 10.1 Å². The number of nitro groups is 1. The number of rotatable bonds is 6. The van der Waals surface area contributed by atoms with Crippen molar-refractivity contribution < 1.29 is 9.66 Å². The zero-order valence-corrected chi connectivity index (χ0v) is 10.5. The monoisotopic (exact) mass is 250 g/mol. The number of nitro benzene ring substituents is 1. The van der Waals surface area contributed by atoms with E-state index in [4.69, 9.17) is 4.74 Å². The van der Waals surface area contributed by atoms with Crippen molar-refractivity contribution in [2.24, 2.45) is 0 Å². The number of ether oxygens (including phenoxy) is 1. The van der Waals surface area contributed by atoms with Crippen LogP contribution >= 0.6 is 0 Å². The Morgan fingerprint density at radius 2 is 2.28 bits per heavy atom. The highest BCUT2D eigenvalue weighted by Crippen LogP contribution is 2.27. The minimum absolute atomic E-state index is 0.115. The SMILES string of the molecule is CCNc1cc(COC2CCC2)ccc1[N+](=O)[O-]. The molecule has 1 saturated carbocycles. The molecule has 0 saturated heterocycles. The van der Waals surface area contributed by atoms with Gasteiger partial charge in [-0.15, -0.1) is 0 Å². The number of benzene rings is 1. The zero-order chi connectivity index (χ0) is 13.0. The summed E-state index contributed by atoms with van der Waals surface area (Å²) in [5.41, 5.74) is 1.66. The third-order valence-electron chi connectivity index (χ3n) is 3.16. The summed E-state index contributed by atoms with van der Waals surface area (Å²) in [7, 11) is 0. The molecule has 0 spiro atoms. The van der Waals surface area contributed by atoms with Gasteiger partial charge in [0.1, 0.15) is 5.69 Å². The van der Waals surface area contributed by atoms with Crippen molar-refractivity contribution in [1.29, 1.82) is 0 Å². The number of nitrogens with one attached hydrogen (secondary N) is 1. The van der Waals surface area contributed by atoms with Gasteiger partial charge >= 0.3 is 0 Å². The van der Waals surface area contributed by atoms with Gasteiger partial charge in [-0.25, -0.2) is 0 Å². The molecule has 1 N–H and O–H groups in total. The molecule has 0 atom stereocenters. The molecular formula is C13H18N2O3. The van der Waals surface area contributed by atoms with Gasteiger partial charge in [0.05, 0.1) is 17.6 Å². The Morgan fingerprint density at radius 1 is 1.50 bits per heavy atom. The van der Waals surface area contributed by atoms with Crippen LogP contribution in [0, 0.1) is 10.1 Å². The van der Waals surface area contributed by atoms with Crippen LogP contribution in [-0.2, 0) is 11.3 Å². The summed E-state index contributed by atoms with van der Waals surface area (Å²) in [4.78, 5) is 10.5. The molecule has 0 amide bonds. The first-order valence-corrected chi connectivity index (χ1v) is 6.33. The van der Waals surface area contributed by atoms with E-state index in [0.29, 0.717) is 24.9 Å². The standard InChI is InChI=1S/C13H18N2O3/c1-2-14-12-8-10(6-7-13(12)15(16)17)9-18-11-4-3-5-11/h6-8,11,14H,2-5,9H2,1H3. The number of nitrogens with zero attached hydrogens (tertiary/aromatic N) is 1. The van der Waals surface area contributed by atoms with E-state index in [-0.39, 0.29) is 10.6 Å². The highest BCUT2D eigenvalue weighted by Gasteiger charge is 2.18. The zero-order valence-electron chi connectivity index (χ0n) is 10.5. The minimum atomic E-state index is -0.367. The molecule has 1 aliphatic carbocycles. The highest BCUT2D eigenvalue weighted by atomic mass is 16.6. The minimum Gasteiger partial charge on any atom is -0.380 e. The summed E-state index contributed by atoms with van der Waals surface area (Å²) in [6.07, 6.45) is 3.89. The lowest BCUT2D eigenvalue weighted by atomic mass is 9.96. The van der Waals surface area contributed by atoms with Gasteiger partial charge in [0, 0.05) is 12.6 Å². The molecule has 0 aromatic heterocycles. The molecule has 1 aromatic carbocycles. The lowest BCUT2D eigenvalue weighted by molar-refractivity contribution is -0.384. The molecule has 18 heavy (non-hydrogen) atoms. The molecule has 0 unspecified atom stereocenters. The summed E-state index contributed by atoms with van der Waals surface area (Å²) in [6.45, 7) is 3.11. The lowest BCUT2D eigenvalue weighted by Gasteiger charge is -2.25. The molecule has 98 valence electrons. The maximum Gasteiger partial charge on any atom is 0.292 e. The first-order chi connectivity index (χ1) is 8.70. The lowest BCUT2D eigenvalue weighted by Crippen LogP contribution is -2.21. The van der Waals surface area contributed by atoms with Crippen molar-refractivity contribution in [2.45, 2.75) is 38.9 Å². The highest BCUT2D eigenvalue weighted by molar-refractivity contribution is 5.62. The summed E-state index contributed by atoms with van der Waals surface area (Å²) < 4.78 is 5.70. The number of anilines is 1. The molecule has 0 aliphatic heterocycles. The Hall–Kier alpha value is -1.62. The number of hydrogen-bond donors (Lipinski definition) is 1. The van der Waals surface area contributed by atoms with Gasteiger partial charge in [-0.3, -0.25) is 10.1 Å². The van der Waals surface area contributed by atoms with Gasteiger partial charge in [-0.2, -0.15) is 0 Å². The van der Waals surface area contributed by atoms with Crippen LogP contribution in [0.4, 0.5) is 11.4 Å². The topological polar surface area (TPSA) is 64.4 Å². The average molecular weight is 250 g/mol. The van der Waals surface area contributed by atoms with Crippen LogP contribution < -0.4 is 5.32 Å². The quantitative estimate of drug-likeness (QED) is 0.622. The van der Waals surface area contributed by atoms with Crippen LogP contribution in [0.1, 0.15) is 31.7 Å². The third-order valence-corrected chi connectivity index (χ3v) is 3.16. The van der Waals surface area contributed by atoms with Crippen LogP contribution in [0.25, 0.3) is 0 Å². The van der Waals surface area contributed by atoms with Gasteiger partial charge in [0.2, 0.25) is 0 Å². The van der Waals surface area contributed by atoms with Crippen LogP contribution in [0.15, 0.2) is 18.2 Å². The van der Waals surface area contributed by atoms with Gasteiger partial charge in [-0.05, 0) is 43.9 Å². The normalized spacial score (nSPS) is 15.2. The Balaban J connectivity index is 2.06. The van der Waals surface area contributed by atoms with Crippen molar-refractivity contribution in [3.05, 3.63) is 33.9 Å². The predicted molar refractivity (Wildman–Crippen MR) is 69.7 cm³/mol. The second-order valence-electron chi connectivity index (χ2n) is 4.50. The maximum absolute atomic E-state index is 10.9. The van der Waals surface area contributed by atoms with E-state index in [1.165, 1.54) is 12.5 Å². The fourth-order valence-corrected chi connectivity index (χ4v) is 1.92. The van der Waals surface area contributed by atoms with E-state index in [1.807, 2.05) is 6.92 Å². The molecule has 2 rings (SSSR count). The van der Waals surface area contributed by atoms with Crippen LogP contribution in [0.2, 0.25) is 0 Å². The summed E-state index contributed by atoms with van der Waals surface area (Å²) in [6, 6.07) is 5.11. The summed E-state index contributed by atoms with van der Waals surface area (Å²) in [5, 5.41) is 13.9. The van der Waals surface area contributed by atoms with Gasteiger partial charge in [0.15, 0.2) is 0 Å². The molecule has 0 bridgehead atoms. The fourth-order valence-electron chi connectivity index (χ4n) is 1.92. The maximum atomic E-state index is 10.9. The van der Waals surface area contributed by atoms with Crippen LogP contribution in [0.3, 0.4) is 0 Å². The van der Waals surface area contributed by atoms with E-state index in [9.17, 15) is 10.1 Å². The second kappa shape index (κ2) is 5.82. The Morgan fingerprint density at radius 3 is 2.83 bits per heavy atom. The van der Waals surface area contributed by atoms with Crippen molar-refractivity contribution in [3.8, 4) is 0 Å². The summed E-state index contributed by atoms with van der Waals surface area (Å²) in [5.74, 6) is 0. The van der Waals surface area contributed by atoms with Gasteiger partial charge in [0.25, 0.3) is 5.69 Å². The largest absolute Gasteiger partial charge is 0.380 e. The van der Waals surface area contributed by atoms with E-state index < -0.39 is 0 Å². The Labute approximate surface area is 106 Å². The van der Waals surface area contributed by atoms with E-state index in [0.717, 1.165) is 18.4 Å². The van der Waals surface area contributed by atoms with Crippen molar-refractivity contribution in [1.82, 2.24) is 0 Å². The van der Waals surface area contributed by atoms with Gasteiger partial charge in [-0.1, -0.05) is 0 Å². The molecule has 0 radical (unpaired) electrons. The molecule has 5 heteroatoms. The fraction of sp³-hybridized carbons (Fsp3) is 0.538. The molecule has 5 nitrogen and oxygen atoms in total. The molecule has 1 fully saturated rings. The van der Waals surface area contributed by atoms with Crippen molar-refractivity contribution in [3.63, 3.8) is 0 Å². The predicted octanol–water partition coefficient (Wildman–Crippen LogP) is 3.10.